The van der Waals surface area contributed by atoms with Gasteiger partial charge in [0.2, 0.25) is 0 Å². The lowest BCUT2D eigenvalue weighted by Crippen LogP contribution is -2.61. The minimum absolute atomic E-state index is 0.0616. The first-order chi connectivity index (χ1) is 33.9. The summed E-state index contributed by atoms with van der Waals surface area (Å²) in [6.07, 6.45) is 10.7. The molecule has 382 valence electrons. The summed E-state index contributed by atoms with van der Waals surface area (Å²) in [7, 11) is 0. The average molecular weight is 987 g/mol. The van der Waals surface area contributed by atoms with Crippen LogP contribution in [0, 0.1) is 6.92 Å². The van der Waals surface area contributed by atoms with Gasteiger partial charge in [0.25, 0.3) is 6.71 Å². The molecule has 6 aromatic rings. The number of thiophene rings is 1. The van der Waals surface area contributed by atoms with E-state index in [9.17, 15) is 0 Å². The maximum Gasteiger partial charge on any atom is 0.264 e. The number of benzene rings is 5. The zero-order valence-electron chi connectivity index (χ0n) is 48.7. The third-order valence-electron chi connectivity index (χ3n) is 21.3. The average Bonchev–Trinajstić information content (AvgIpc) is 3.69. The highest BCUT2D eigenvalue weighted by atomic mass is 32.1. The highest BCUT2D eigenvalue weighted by molar-refractivity contribution is 7.33. The number of aryl methyl sites for hydroxylation is 1. The van der Waals surface area contributed by atoms with Gasteiger partial charge in [-0.1, -0.05) is 143 Å². The van der Waals surface area contributed by atoms with Crippen LogP contribution in [-0.2, 0) is 43.3 Å². The van der Waals surface area contributed by atoms with Crippen molar-refractivity contribution in [2.24, 2.45) is 0 Å². The second kappa shape index (κ2) is 15.4. The van der Waals surface area contributed by atoms with Crippen LogP contribution >= 0.6 is 11.3 Å². The lowest BCUT2D eigenvalue weighted by Gasteiger charge is -2.48. The van der Waals surface area contributed by atoms with E-state index < -0.39 is 0 Å². The SMILES string of the molecule is CCC(C)c1cc2c3c(c1)N(c1ccc4c(c1)C(C)(C)CCC4(C)C)c1c(sc4cc5c(cc14)C(C)(C)CCC5(C)C)B3c1cc3c(cc1N2c1cc2c(cc1C)C(C)(C)CCC2(C)C)C(C)(C)CCC3(C)C. The van der Waals surface area contributed by atoms with Crippen LogP contribution in [0.5, 0.6) is 0 Å². The first kappa shape index (κ1) is 49.6. The molecule has 0 radical (unpaired) electrons. The van der Waals surface area contributed by atoms with Crippen molar-refractivity contribution in [3.05, 3.63) is 122 Å². The lowest BCUT2D eigenvalue weighted by atomic mass is 9.35. The molecule has 0 bridgehead atoms. The van der Waals surface area contributed by atoms with Crippen molar-refractivity contribution in [2.45, 2.75) is 239 Å². The third-order valence-corrected chi connectivity index (χ3v) is 22.5. The quantitative estimate of drug-likeness (QED) is 0.162. The number of hydrogen-bond acceptors (Lipinski definition) is 3. The van der Waals surface area contributed by atoms with Gasteiger partial charge in [0.1, 0.15) is 0 Å². The fraction of sp³-hybridized carbons (Fsp3) is 0.536. The molecule has 0 saturated carbocycles. The van der Waals surface area contributed by atoms with E-state index in [0.29, 0.717) is 5.92 Å². The molecular formula is C69H87BN2S. The Morgan fingerprint density at radius 1 is 0.466 bits per heavy atom. The molecular weight excluding hydrogens is 900 g/mol. The fourth-order valence-electron chi connectivity index (χ4n) is 15.3. The predicted molar refractivity (Wildman–Crippen MR) is 320 cm³/mol. The standard InChI is InChI=1S/C69H87BN2S/c1-20-40(2)42-32-56-59-57(33-42)72(54-37-50-46(31-41(54)3)63(6,7)25-28-67(50,14)15)55-38-51-49(66(12,13)27-29-68(51,16)17)36-53(55)70(59)61-60(44-35-48-52(39-58(44)73-61)69(18,19)30-26-65(48,10)11)71(56)43-21-22-45-47(34-43)64(8,9)24-23-62(45,4)5/h21-22,31-40H,20,23-30H2,1-19H3. The summed E-state index contributed by atoms with van der Waals surface area (Å²) in [5.74, 6) is 0.386. The molecule has 3 heterocycles. The maximum atomic E-state index is 2.82. The summed E-state index contributed by atoms with van der Waals surface area (Å²) in [6, 6.07) is 29.2. The van der Waals surface area contributed by atoms with E-state index in [4.69, 9.17) is 0 Å². The van der Waals surface area contributed by atoms with Gasteiger partial charge in [-0.2, -0.15) is 0 Å². The Hall–Kier alpha value is -4.28. The summed E-state index contributed by atoms with van der Waals surface area (Å²) in [6.45, 7) is 47.5. The normalized spacial score (nSPS) is 22.8. The smallest absolute Gasteiger partial charge is 0.264 e. The van der Waals surface area contributed by atoms with Crippen molar-refractivity contribution in [1.82, 2.24) is 0 Å². The minimum Gasteiger partial charge on any atom is -0.311 e. The number of rotatable bonds is 4. The molecule has 0 N–H and O–H groups in total. The molecule has 1 aromatic heterocycles. The first-order valence-electron chi connectivity index (χ1n) is 28.8. The summed E-state index contributed by atoms with van der Waals surface area (Å²) >= 11 is 2.11. The van der Waals surface area contributed by atoms with Crippen molar-refractivity contribution in [2.75, 3.05) is 9.80 Å². The minimum atomic E-state index is 0.0616. The number of nitrogens with zero attached hydrogens (tertiary/aromatic N) is 2. The van der Waals surface area contributed by atoms with E-state index in [0.717, 1.165) is 6.42 Å². The van der Waals surface area contributed by atoms with Crippen LogP contribution in [0.15, 0.2) is 66.7 Å². The van der Waals surface area contributed by atoms with Crippen molar-refractivity contribution in [3.8, 4) is 0 Å². The summed E-state index contributed by atoms with van der Waals surface area (Å²) in [5.41, 5.74) is 27.1. The first-order valence-corrected chi connectivity index (χ1v) is 29.6. The summed E-state index contributed by atoms with van der Waals surface area (Å²) in [4.78, 5) is 5.64. The van der Waals surface area contributed by atoms with Crippen molar-refractivity contribution in [1.29, 1.82) is 0 Å². The zero-order chi connectivity index (χ0) is 52.3. The Morgan fingerprint density at radius 2 is 0.890 bits per heavy atom. The molecule has 6 aliphatic rings. The van der Waals surface area contributed by atoms with Gasteiger partial charge in [-0.3, -0.25) is 0 Å². The van der Waals surface area contributed by atoms with Crippen molar-refractivity contribution in [3.63, 3.8) is 0 Å². The van der Waals surface area contributed by atoms with Crippen LogP contribution in [-0.4, -0.2) is 6.71 Å². The number of hydrogen-bond donors (Lipinski definition) is 0. The number of fused-ring (bicyclic) bond motifs is 10. The monoisotopic (exact) mass is 987 g/mol. The van der Waals surface area contributed by atoms with Crippen molar-refractivity contribution >= 4 is 78.0 Å². The largest absolute Gasteiger partial charge is 0.311 e. The van der Waals surface area contributed by atoms with Gasteiger partial charge in [-0.05, 0) is 229 Å². The molecule has 1 unspecified atom stereocenters. The molecule has 2 aliphatic heterocycles. The van der Waals surface area contributed by atoms with Gasteiger partial charge in [-0.25, -0.2) is 0 Å². The topological polar surface area (TPSA) is 6.48 Å². The van der Waals surface area contributed by atoms with Crippen LogP contribution in [0.3, 0.4) is 0 Å². The molecule has 1 atom stereocenters. The van der Waals surface area contributed by atoms with E-state index in [-0.39, 0.29) is 50.0 Å². The second-order valence-electron chi connectivity index (χ2n) is 30.0. The Labute approximate surface area is 446 Å². The van der Waals surface area contributed by atoms with Gasteiger partial charge < -0.3 is 9.80 Å². The summed E-state index contributed by atoms with van der Waals surface area (Å²) < 4.78 is 2.95. The van der Waals surface area contributed by atoms with E-state index >= 15 is 0 Å². The molecule has 4 aliphatic carbocycles. The molecule has 2 nitrogen and oxygen atoms in total. The molecule has 12 rings (SSSR count). The fourth-order valence-corrected chi connectivity index (χ4v) is 16.7. The predicted octanol–water partition coefficient (Wildman–Crippen LogP) is 18.2. The third kappa shape index (κ3) is 7.12. The van der Waals surface area contributed by atoms with E-state index in [2.05, 4.69) is 219 Å². The molecule has 0 spiro atoms. The Bertz CT molecular complexity index is 3340. The van der Waals surface area contributed by atoms with Crippen LogP contribution in [0.2, 0.25) is 0 Å². The van der Waals surface area contributed by atoms with E-state index in [1.807, 2.05) is 0 Å². The van der Waals surface area contributed by atoms with E-state index in [1.165, 1.54) is 150 Å². The Morgan fingerprint density at radius 3 is 1.41 bits per heavy atom. The van der Waals surface area contributed by atoms with Crippen LogP contribution in [0.4, 0.5) is 34.1 Å². The van der Waals surface area contributed by atoms with Gasteiger partial charge in [-0.15, -0.1) is 11.3 Å². The maximum absolute atomic E-state index is 2.82. The van der Waals surface area contributed by atoms with Crippen LogP contribution in [0.25, 0.3) is 10.1 Å². The summed E-state index contributed by atoms with van der Waals surface area (Å²) in [5, 5.41) is 1.43. The van der Waals surface area contributed by atoms with Gasteiger partial charge in [0.15, 0.2) is 0 Å². The van der Waals surface area contributed by atoms with Gasteiger partial charge >= 0.3 is 0 Å². The zero-order valence-corrected chi connectivity index (χ0v) is 49.5. The van der Waals surface area contributed by atoms with Crippen LogP contribution < -0.4 is 25.5 Å². The Balaban J connectivity index is 1.25. The van der Waals surface area contributed by atoms with E-state index in [1.54, 1.807) is 16.7 Å². The van der Waals surface area contributed by atoms with Crippen LogP contribution in [0.1, 0.15) is 244 Å². The molecule has 4 heteroatoms. The number of anilines is 6. The second-order valence-corrected chi connectivity index (χ2v) is 31.1. The molecule has 0 amide bonds. The Kier molecular flexibility index (Phi) is 10.5. The van der Waals surface area contributed by atoms with Gasteiger partial charge in [0.05, 0.1) is 5.69 Å². The molecule has 0 fully saturated rings. The highest BCUT2D eigenvalue weighted by Crippen LogP contribution is 2.57. The highest BCUT2D eigenvalue weighted by Gasteiger charge is 2.50. The van der Waals surface area contributed by atoms with Gasteiger partial charge in [0, 0.05) is 43.3 Å². The molecule has 0 saturated heterocycles. The van der Waals surface area contributed by atoms with Crippen molar-refractivity contribution < 1.29 is 0 Å². The lowest BCUT2D eigenvalue weighted by molar-refractivity contribution is 0.331. The molecule has 73 heavy (non-hydrogen) atoms. The molecule has 5 aromatic carbocycles.